The van der Waals surface area contributed by atoms with Crippen molar-refractivity contribution in [2.24, 2.45) is 16.5 Å². The van der Waals surface area contributed by atoms with Gasteiger partial charge in [-0.25, -0.2) is 9.59 Å². The third kappa shape index (κ3) is 7.35. The first kappa shape index (κ1) is 22.5. The Balaban J connectivity index is 0.000000480. The van der Waals surface area contributed by atoms with Gasteiger partial charge < -0.3 is 26.3 Å². The molecule has 0 aliphatic heterocycles. The average molecular weight is 402 g/mol. The Morgan fingerprint density at radius 1 is 1.25 bits per heavy atom. The van der Waals surface area contributed by atoms with Gasteiger partial charge in [0.25, 0.3) is 0 Å². The van der Waals surface area contributed by atoms with Crippen LogP contribution in [0, 0.1) is 6.92 Å². The van der Waals surface area contributed by atoms with Crippen LogP contribution < -0.4 is 22.4 Å². The van der Waals surface area contributed by atoms with Crippen LogP contribution in [0.4, 0.5) is 18.9 Å². The third-order valence-corrected chi connectivity index (χ3v) is 3.11. The van der Waals surface area contributed by atoms with Crippen molar-refractivity contribution in [3.8, 4) is 0 Å². The molecule has 1 heterocycles. The largest absolute Gasteiger partial charge is 0.490 e. The van der Waals surface area contributed by atoms with Crippen molar-refractivity contribution in [1.82, 2.24) is 0 Å². The molecular formula is C16H17F3N4O5. The second-order valence-corrected chi connectivity index (χ2v) is 5.37. The lowest BCUT2D eigenvalue weighted by atomic mass is 10.1. The van der Waals surface area contributed by atoms with Gasteiger partial charge >= 0.3 is 17.8 Å². The molecule has 0 atom stereocenters. The number of guanidine groups is 1. The number of aryl methyl sites for hydroxylation is 1. The Morgan fingerprint density at radius 3 is 2.39 bits per heavy atom. The molecule has 0 spiro atoms. The number of alkyl halides is 3. The zero-order chi connectivity index (χ0) is 21.5. The van der Waals surface area contributed by atoms with E-state index in [0.29, 0.717) is 11.3 Å². The maximum atomic E-state index is 11.7. The molecule has 1 aromatic heterocycles. The van der Waals surface area contributed by atoms with Crippen LogP contribution in [-0.2, 0) is 9.59 Å². The highest BCUT2D eigenvalue weighted by atomic mass is 19.4. The molecule has 0 aliphatic carbocycles. The van der Waals surface area contributed by atoms with E-state index in [-0.39, 0.29) is 24.8 Å². The summed E-state index contributed by atoms with van der Waals surface area (Å²) in [5.74, 6) is -3.03. The number of hydrogen-bond acceptors (Lipinski definition) is 5. The number of halogens is 3. The fourth-order valence-corrected chi connectivity index (χ4v) is 1.91. The number of hydrogen-bond donors (Lipinski definition) is 4. The van der Waals surface area contributed by atoms with Crippen LogP contribution >= 0.6 is 0 Å². The summed E-state index contributed by atoms with van der Waals surface area (Å²) in [7, 11) is 0. The molecule has 0 saturated heterocycles. The molecule has 12 heteroatoms. The number of amides is 1. The van der Waals surface area contributed by atoms with Gasteiger partial charge in [0.1, 0.15) is 5.58 Å². The van der Waals surface area contributed by atoms with Gasteiger partial charge in [-0.3, -0.25) is 9.79 Å². The van der Waals surface area contributed by atoms with Crippen molar-refractivity contribution in [2.45, 2.75) is 19.5 Å². The van der Waals surface area contributed by atoms with Gasteiger partial charge in [-0.15, -0.1) is 0 Å². The number of rotatable bonds is 4. The minimum Gasteiger partial charge on any atom is -0.475 e. The monoisotopic (exact) mass is 402 g/mol. The van der Waals surface area contributed by atoms with Crippen molar-refractivity contribution in [3.63, 3.8) is 0 Å². The van der Waals surface area contributed by atoms with E-state index in [9.17, 15) is 22.8 Å². The van der Waals surface area contributed by atoms with Crippen molar-refractivity contribution in [1.29, 1.82) is 0 Å². The number of carbonyl (C=O) groups excluding carboxylic acids is 1. The summed E-state index contributed by atoms with van der Waals surface area (Å²) >= 11 is 0. The lowest BCUT2D eigenvalue weighted by Gasteiger charge is -2.06. The van der Waals surface area contributed by atoms with Gasteiger partial charge in [0.05, 0.1) is 6.54 Å². The van der Waals surface area contributed by atoms with Crippen LogP contribution in [-0.4, -0.2) is 35.7 Å². The zero-order valence-corrected chi connectivity index (χ0v) is 14.5. The predicted molar refractivity (Wildman–Crippen MR) is 94.8 cm³/mol. The van der Waals surface area contributed by atoms with Crippen LogP contribution in [0.25, 0.3) is 11.0 Å². The number of anilines is 1. The van der Waals surface area contributed by atoms with Gasteiger partial charge in [-0.05, 0) is 24.6 Å². The fourth-order valence-electron chi connectivity index (χ4n) is 1.91. The molecule has 152 valence electrons. The van der Waals surface area contributed by atoms with Gasteiger partial charge in [0, 0.05) is 29.6 Å². The zero-order valence-electron chi connectivity index (χ0n) is 14.5. The summed E-state index contributed by atoms with van der Waals surface area (Å²) in [6.45, 7) is 2.04. The number of nitrogens with two attached hydrogens (primary N) is 2. The Labute approximate surface area is 155 Å². The van der Waals surface area contributed by atoms with E-state index in [1.165, 1.54) is 6.07 Å². The normalized spacial score (nSPS) is 10.6. The highest BCUT2D eigenvalue weighted by Gasteiger charge is 2.38. The molecule has 1 aromatic carbocycles. The molecule has 6 N–H and O–H groups in total. The second kappa shape index (κ2) is 9.39. The topological polar surface area (TPSA) is 161 Å². The SMILES string of the molecule is Cc1cc(=O)oc2cc(NC(=O)CCN=C(N)N)ccc12.O=C(O)C(F)(F)F. The minimum absolute atomic E-state index is 0.0502. The summed E-state index contributed by atoms with van der Waals surface area (Å²) in [5.41, 5.74) is 11.7. The molecule has 0 radical (unpaired) electrons. The maximum Gasteiger partial charge on any atom is 0.490 e. The number of nitrogens with zero attached hydrogens (tertiary/aromatic N) is 1. The van der Waals surface area contributed by atoms with Crippen molar-refractivity contribution >= 4 is 34.5 Å². The number of carboxylic acid groups (broad SMARTS) is 1. The van der Waals surface area contributed by atoms with Crippen LogP contribution in [0.3, 0.4) is 0 Å². The van der Waals surface area contributed by atoms with E-state index in [4.69, 9.17) is 25.8 Å². The molecule has 0 saturated carbocycles. The van der Waals surface area contributed by atoms with E-state index >= 15 is 0 Å². The van der Waals surface area contributed by atoms with E-state index < -0.39 is 17.8 Å². The van der Waals surface area contributed by atoms with Crippen molar-refractivity contribution in [2.75, 3.05) is 11.9 Å². The standard InChI is InChI=1S/C14H16N4O3.C2HF3O2/c1-8-6-13(20)21-11-7-9(2-3-10(8)11)18-12(19)4-5-17-14(15)16;3-2(4,5)1(6)7/h2-3,6-7H,4-5H2,1H3,(H,18,19)(H4,15,16,17);(H,6,7). The number of fused-ring (bicyclic) bond motifs is 1. The fraction of sp³-hybridized carbons (Fsp3) is 0.250. The van der Waals surface area contributed by atoms with Gasteiger partial charge in [0.2, 0.25) is 5.91 Å². The number of carbonyl (C=O) groups is 2. The molecule has 2 rings (SSSR count). The Morgan fingerprint density at radius 2 is 1.86 bits per heavy atom. The second-order valence-electron chi connectivity index (χ2n) is 5.37. The van der Waals surface area contributed by atoms with Crippen LogP contribution in [0.1, 0.15) is 12.0 Å². The maximum absolute atomic E-state index is 11.7. The quantitative estimate of drug-likeness (QED) is 0.341. The van der Waals surface area contributed by atoms with Gasteiger partial charge in [0.15, 0.2) is 5.96 Å². The number of benzene rings is 1. The average Bonchev–Trinajstić information content (AvgIpc) is 2.53. The summed E-state index contributed by atoms with van der Waals surface area (Å²) < 4.78 is 36.9. The highest BCUT2D eigenvalue weighted by Crippen LogP contribution is 2.20. The molecular weight excluding hydrogens is 385 g/mol. The third-order valence-electron chi connectivity index (χ3n) is 3.11. The summed E-state index contributed by atoms with van der Waals surface area (Å²) in [6, 6.07) is 6.57. The number of carboxylic acids is 1. The van der Waals surface area contributed by atoms with Crippen LogP contribution in [0.2, 0.25) is 0 Å². The molecule has 0 fully saturated rings. The summed E-state index contributed by atoms with van der Waals surface area (Å²) in [6.07, 6.45) is -4.92. The summed E-state index contributed by atoms with van der Waals surface area (Å²) in [5, 5.41) is 10.6. The minimum atomic E-state index is -5.08. The molecule has 0 bridgehead atoms. The number of aliphatic imine (C=N–C) groups is 1. The lowest BCUT2D eigenvalue weighted by Crippen LogP contribution is -2.23. The van der Waals surface area contributed by atoms with Crippen LogP contribution in [0.5, 0.6) is 0 Å². The Kier molecular flexibility index (Phi) is 7.54. The predicted octanol–water partition coefficient (Wildman–Crippen LogP) is 1.34. The lowest BCUT2D eigenvalue weighted by molar-refractivity contribution is -0.192. The number of nitrogens with one attached hydrogen (secondary N) is 1. The van der Waals surface area contributed by atoms with Crippen LogP contribution in [0.15, 0.2) is 38.5 Å². The molecule has 0 unspecified atom stereocenters. The molecule has 0 aliphatic rings. The van der Waals surface area contributed by atoms with Gasteiger partial charge in [-0.1, -0.05) is 0 Å². The first-order valence-corrected chi connectivity index (χ1v) is 7.60. The van der Waals surface area contributed by atoms with Crippen molar-refractivity contribution < 1.29 is 32.3 Å². The molecule has 1 amide bonds. The Bertz CT molecular complexity index is 949. The smallest absolute Gasteiger partial charge is 0.475 e. The molecule has 28 heavy (non-hydrogen) atoms. The first-order chi connectivity index (χ1) is 12.9. The van der Waals surface area contributed by atoms with E-state index in [1.54, 1.807) is 18.2 Å². The van der Waals surface area contributed by atoms with E-state index in [0.717, 1.165) is 10.9 Å². The van der Waals surface area contributed by atoms with E-state index in [1.807, 2.05) is 6.92 Å². The van der Waals surface area contributed by atoms with Gasteiger partial charge in [-0.2, -0.15) is 13.2 Å². The van der Waals surface area contributed by atoms with Crippen molar-refractivity contribution in [3.05, 3.63) is 40.2 Å². The molecule has 2 aromatic rings. The van der Waals surface area contributed by atoms with E-state index in [2.05, 4.69) is 10.3 Å². The first-order valence-electron chi connectivity index (χ1n) is 7.60. The molecule has 9 nitrogen and oxygen atoms in total. The Hall–Kier alpha value is -3.57. The number of aliphatic carboxylic acids is 1. The highest BCUT2D eigenvalue weighted by molar-refractivity contribution is 5.93. The summed E-state index contributed by atoms with van der Waals surface area (Å²) in [4.78, 5) is 35.7.